The largest absolute Gasteiger partial charge is 0.315 e. The highest BCUT2D eigenvalue weighted by Gasteiger charge is 2.23. The number of hydrogen-bond donors (Lipinski definition) is 1. The predicted octanol–water partition coefficient (Wildman–Crippen LogP) is 2.98. The number of hydrogen-bond acceptors (Lipinski definition) is 2. The molecule has 0 fully saturated rings. The van der Waals surface area contributed by atoms with Crippen LogP contribution in [-0.2, 0) is 0 Å². The second-order valence-electron chi connectivity index (χ2n) is 3.51. The van der Waals surface area contributed by atoms with Crippen LogP contribution in [0.2, 0.25) is 0 Å². The minimum absolute atomic E-state index is 0.319. The molecule has 1 nitrogen and oxygen atoms in total. The minimum atomic E-state index is 0.319. The van der Waals surface area contributed by atoms with E-state index in [0.717, 1.165) is 19.0 Å². The minimum Gasteiger partial charge on any atom is -0.315 e. The van der Waals surface area contributed by atoms with Crippen molar-refractivity contribution in [2.45, 2.75) is 26.7 Å². The molecule has 0 amide bonds. The van der Waals surface area contributed by atoms with Crippen LogP contribution in [0.4, 0.5) is 0 Å². The quantitative estimate of drug-likeness (QED) is 0.502. The van der Waals surface area contributed by atoms with E-state index in [1.807, 2.05) is 11.8 Å². The molecule has 0 saturated carbocycles. The Hall–Kier alpha value is 0.600. The lowest BCUT2D eigenvalue weighted by molar-refractivity contribution is 0.290. The van der Waals surface area contributed by atoms with Crippen LogP contribution in [0.1, 0.15) is 26.7 Å². The van der Waals surface area contributed by atoms with Gasteiger partial charge in [-0.2, -0.15) is 11.8 Å². The number of thioether (sulfide) groups is 1. The van der Waals surface area contributed by atoms with Crippen molar-refractivity contribution in [1.29, 1.82) is 0 Å². The average molecular weight is 224 g/mol. The first-order valence-corrected chi connectivity index (χ1v) is 6.93. The second kappa shape index (κ2) is 7.95. The third-order valence-corrected chi connectivity index (χ3v) is 3.95. The van der Waals surface area contributed by atoms with Gasteiger partial charge in [0.1, 0.15) is 0 Å². The number of alkyl halides is 1. The Bertz CT molecular complexity index is 107. The summed E-state index contributed by atoms with van der Waals surface area (Å²) in [4.78, 5) is 0. The summed E-state index contributed by atoms with van der Waals surface area (Å²) < 4.78 is 0. The van der Waals surface area contributed by atoms with Crippen molar-refractivity contribution in [2.75, 3.05) is 31.0 Å². The van der Waals surface area contributed by atoms with Gasteiger partial charge in [0, 0.05) is 24.7 Å². The van der Waals surface area contributed by atoms with Gasteiger partial charge < -0.3 is 5.32 Å². The van der Waals surface area contributed by atoms with Crippen molar-refractivity contribution >= 4 is 23.4 Å². The maximum atomic E-state index is 5.99. The molecule has 0 saturated heterocycles. The van der Waals surface area contributed by atoms with Crippen molar-refractivity contribution < 1.29 is 0 Å². The van der Waals surface area contributed by atoms with Crippen LogP contribution in [0.25, 0.3) is 0 Å². The van der Waals surface area contributed by atoms with Gasteiger partial charge in [0.05, 0.1) is 0 Å². The standard InChI is InChI=1S/C10H22ClNS/c1-4-10(5-2,8-11)9-12-6-7-13-3/h12H,4-9H2,1-3H3. The molecule has 0 bridgehead atoms. The zero-order valence-electron chi connectivity index (χ0n) is 9.03. The van der Waals surface area contributed by atoms with E-state index >= 15 is 0 Å². The first kappa shape index (κ1) is 13.6. The maximum absolute atomic E-state index is 5.99. The molecule has 1 N–H and O–H groups in total. The molecule has 0 heterocycles. The van der Waals surface area contributed by atoms with E-state index in [1.54, 1.807) is 0 Å². The van der Waals surface area contributed by atoms with Gasteiger partial charge in [0.15, 0.2) is 0 Å². The fourth-order valence-electron chi connectivity index (χ4n) is 1.26. The van der Waals surface area contributed by atoms with Gasteiger partial charge in [0.2, 0.25) is 0 Å². The Morgan fingerprint density at radius 3 is 2.31 bits per heavy atom. The number of halogens is 1. The molecule has 13 heavy (non-hydrogen) atoms. The van der Waals surface area contributed by atoms with Crippen LogP contribution in [-0.4, -0.2) is 31.0 Å². The van der Waals surface area contributed by atoms with Gasteiger partial charge in [-0.3, -0.25) is 0 Å². The first-order valence-electron chi connectivity index (χ1n) is 5.00. The summed E-state index contributed by atoms with van der Waals surface area (Å²) in [7, 11) is 0. The molecule has 80 valence electrons. The van der Waals surface area contributed by atoms with Gasteiger partial charge in [-0.05, 0) is 24.5 Å². The molecule has 0 rings (SSSR count). The van der Waals surface area contributed by atoms with Crippen molar-refractivity contribution in [3.63, 3.8) is 0 Å². The van der Waals surface area contributed by atoms with Crippen molar-refractivity contribution in [3.8, 4) is 0 Å². The third kappa shape index (κ3) is 5.14. The van der Waals surface area contributed by atoms with Gasteiger partial charge in [0.25, 0.3) is 0 Å². The Kier molecular flexibility index (Phi) is 8.32. The second-order valence-corrected chi connectivity index (χ2v) is 4.76. The molecular weight excluding hydrogens is 202 g/mol. The summed E-state index contributed by atoms with van der Waals surface area (Å²) >= 11 is 7.87. The van der Waals surface area contributed by atoms with Crippen LogP contribution in [0.3, 0.4) is 0 Å². The van der Waals surface area contributed by atoms with Crippen LogP contribution < -0.4 is 5.32 Å². The highest BCUT2D eigenvalue weighted by atomic mass is 35.5. The fraction of sp³-hybridized carbons (Fsp3) is 1.00. The van der Waals surface area contributed by atoms with E-state index in [9.17, 15) is 0 Å². The highest BCUT2D eigenvalue weighted by Crippen LogP contribution is 2.26. The average Bonchev–Trinajstić information content (AvgIpc) is 2.20. The lowest BCUT2D eigenvalue weighted by atomic mass is 9.84. The van der Waals surface area contributed by atoms with Gasteiger partial charge in [-0.1, -0.05) is 13.8 Å². The third-order valence-electron chi connectivity index (χ3n) is 2.77. The summed E-state index contributed by atoms with van der Waals surface area (Å²) in [6.07, 6.45) is 4.47. The summed E-state index contributed by atoms with van der Waals surface area (Å²) in [5.74, 6) is 1.96. The molecule has 0 spiro atoms. The molecule has 0 radical (unpaired) electrons. The zero-order chi connectivity index (χ0) is 10.2. The van der Waals surface area contributed by atoms with Crippen molar-refractivity contribution in [1.82, 2.24) is 5.32 Å². The van der Waals surface area contributed by atoms with Crippen LogP contribution >= 0.6 is 23.4 Å². The zero-order valence-corrected chi connectivity index (χ0v) is 10.6. The Morgan fingerprint density at radius 1 is 1.31 bits per heavy atom. The highest BCUT2D eigenvalue weighted by molar-refractivity contribution is 7.98. The summed E-state index contributed by atoms with van der Waals surface area (Å²) in [5, 5.41) is 3.47. The van der Waals surface area contributed by atoms with E-state index < -0.39 is 0 Å². The SMILES string of the molecule is CCC(CC)(CCl)CNCCSC. The number of rotatable bonds is 8. The van der Waals surface area contributed by atoms with E-state index in [1.165, 1.54) is 18.6 Å². The van der Waals surface area contributed by atoms with Gasteiger partial charge in [-0.15, -0.1) is 11.6 Å². The monoisotopic (exact) mass is 223 g/mol. The molecule has 3 heteroatoms. The lowest BCUT2D eigenvalue weighted by Gasteiger charge is -2.29. The van der Waals surface area contributed by atoms with Crippen LogP contribution in [0.5, 0.6) is 0 Å². The molecule has 0 unspecified atom stereocenters. The molecule has 0 aliphatic heterocycles. The molecule has 0 aromatic carbocycles. The Balaban J connectivity index is 3.68. The van der Waals surface area contributed by atoms with Crippen LogP contribution in [0.15, 0.2) is 0 Å². The van der Waals surface area contributed by atoms with Crippen molar-refractivity contribution in [2.24, 2.45) is 5.41 Å². The molecule has 0 aliphatic rings. The van der Waals surface area contributed by atoms with Crippen LogP contribution in [0, 0.1) is 5.41 Å². The Labute approximate surface area is 92.0 Å². The predicted molar refractivity (Wildman–Crippen MR) is 65.0 cm³/mol. The molecule has 0 aliphatic carbocycles. The van der Waals surface area contributed by atoms with E-state index in [4.69, 9.17) is 11.6 Å². The fourth-order valence-corrected chi connectivity index (χ4v) is 2.08. The lowest BCUT2D eigenvalue weighted by Crippen LogP contribution is -2.36. The van der Waals surface area contributed by atoms with E-state index in [2.05, 4.69) is 25.4 Å². The van der Waals surface area contributed by atoms with E-state index in [-0.39, 0.29) is 0 Å². The molecular formula is C10H22ClNS. The summed E-state index contributed by atoms with van der Waals surface area (Å²) in [6, 6.07) is 0. The molecule has 0 atom stereocenters. The molecule has 0 aromatic rings. The van der Waals surface area contributed by atoms with Gasteiger partial charge in [-0.25, -0.2) is 0 Å². The smallest absolute Gasteiger partial charge is 0.0291 e. The number of nitrogens with one attached hydrogen (secondary N) is 1. The normalized spacial score (nSPS) is 12.0. The van der Waals surface area contributed by atoms with E-state index in [0.29, 0.717) is 5.41 Å². The van der Waals surface area contributed by atoms with Crippen molar-refractivity contribution in [3.05, 3.63) is 0 Å². The maximum Gasteiger partial charge on any atom is 0.0291 e. The first-order chi connectivity index (χ1) is 6.24. The van der Waals surface area contributed by atoms with Gasteiger partial charge >= 0.3 is 0 Å². The summed E-state index contributed by atoms with van der Waals surface area (Å²) in [6.45, 7) is 6.61. The topological polar surface area (TPSA) is 12.0 Å². The Morgan fingerprint density at radius 2 is 1.92 bits per heavy atom. The summed E-state index contributed by atoms with van der Waals surface area (Å²) in [5.41, 5.74) is 0.319. The molecule has 0 aromatic heterocycles.